The van der Waals surface area contributed by atoms with Crippen molar-refractivity contribution in [2.45, 2.75) is 6.54 Å². The molecule has 0 aliphatic rings. The van der Waals surface area contributed by atoms with Gasteiger partial charge < -0.3 is 25.6 Å². The average Bonchev–Trinajstić information content (AvgIpc) is 3.21. The molecule has 13 heteroatoms. The molecule has 2 heterocycles. The standard InChI is InChI=1S/C23H23Cl3N4O5S/c1-35-17-9-15(25)8-16(22(33)28-18-3-2-14(24)10-27-18)20(17)29-23(34)21-19(26)13(12-36-21)11-30(4-6-31)5-7-32/h2-3,8-10,12,31-32H,4-7,11H2,1H3,(H,29,34)(H,27,28,33). The number of aliphatic hydroxyl groups excluding tert-OH is 2. The Labute approximate surface area is 226 Å². The predicted octanol–water partition coefficient (Wildman–Crippen LogP) is 4.40. The summed E-state index contributed by atoms with van der Waals surface area (Å²) in [6, 6.07) is 5.97. The van der Waals surface area contributed by atoms with Crippen LogP contribution in [0.3, 0.4) is 0 Å². The number of carbonyl (C=O) groups is 2. The molecule has 1 aromatic carbocycles. The van der Waals surface area contributed by atoms with Crippen LogP contribution < -0.4 is 15.4 Å². The van der Waals surface area contributed by atoms with Crippen molar-refractivity contribution in [1.82, 2.24) is 9.88 Å². The normalized spacial score (nSPS) is 11.0. The van der Waals surface area contributed by atoms with E-state index in [2.05, 4.69) is 15.6 Å². The summed E-state index contributed by atoms with van der Waals surface area (Å²) in [6.07, 6.45) is 1.39. The van der Waals surface area contributed by atoms with Crippen LogP contribution in [0.2, 0.25) is 15.1 Å². The first-order valence-electron chi connectivity index (χ1n) is 10.6. The van der Waals surface area contributed by atoms with E-state index >= 15 is 0 Å². The number of carbonyl (C=O) groups excluding carboxylic acids is 2. The van der Waals surface area contributed by atoms with Gasteiger partial charge in [0.1, 0.15) is 16.4 Å². The summed E-state index contributed by atoms with van der Waals surface area (Å²) in [4.78, 5) is 32.3. The maximum absolute atomic E-state index is 13.2. The molecule has 36 heavy (non-hydrogen) atoms. The number of hydrogen-bond acceptors (Lipinski definition) is 8. The van der Waals surface area contributed by atoms with Gasteiger partial charge in [-0.1, -0.05) is 34.8 Å². The molecule has 0 saturated heterocycles. The number of pyridine rings is 1. The molecule has 9 nitrogen and oxygen atoms in total. The van der Waals surface area contributed by atoms with Gasteiger partial charge in [-0.3, -0.25) is 14.5 Å². The molecule has 0 aliphatic heterocycles. The quantitative estimate of drug-likeness (QED) is 0.268. The van der Waals surface area contributed by atoms with Crippen LogP contribution in [0.5, 0.6) is 5.75 Å². The van der Waals surface area contributed by atoms with E-state index in [1.807, 2.05) is 4.90 Å². The first-order valence-corrected chi connectivity index (χ1v) is 12.6. The Morgan fingerprint density at radius 2 is 1.78 bits per heavy atom. The van der Waals surface area contributed by atoms with E-state index in [9.17, 15) is 19.8 Å². The highest BCUT2D eigenvalue weighted by Crippen LogP contribution is 2.35. The minimum atomic E-state index is -0.581. The van der Waals surface area contributed by atoms with Crippen LogP contribution >= 0.6 is 46.1 Å². The molecule has 3 aromatic rings. The Morgan fingerprint density at radius 3 is 2.39 bits per heavy atom. The second-order valence-electron chi connectivity index (χ2n) is 7.43. The van der Waals surface area contributed by atoms with Crippen LogP contribution in [-0.4, -0.2) is 65.3 Å². The van der Waals surface area contributed by atoms with Gasteiger partial charge in [0, 0.05) is 36.9 Å². The third kappa shape index (κ3) is 7.07. The largest absolute Gasteiger partial charge is 0.494 e. The molecule has 3 rings (SSSR count). The molecule has 192 valence electrons. The number of methoxy groups -OCH3 is 1. The van der Waals surface area contributed by atoms with Crippen molar-refractivity contribution >= 4 is 69.5 Å². The molecular weight excluding hydrogens is 551 g/mol. The number of anilines is 2. The number of aliphatic hydroxyl groups is 2. The fourth-order valence-corrected chi connectivity index (χ4v) is 4.85. The van der Waals surface area contributed by atoms with Crippen LogP contribution in [-0.2, 0) is 6.54 Å². The smallest absolute Gasteiger partial charge is 0.267 e. The van der Waals surface area contributed by atoms with Gasteiger partial charge in [-0.25, -0.2) is 4.98 Å². The number of rotatable bonds is 11. The number of nitrogens with one attached hydrogen (secondary N) is 2. The van der Waals surface area contributed by atoms with Gasteiger partial charge in [-0.05, 0) is 29.1 Å². The fourth-order valence-electron chi connectivity index (χ4n) is 3.29. The number of ether oxygens (including phenoxy) is 1. The highest BCUT2D eigenvalue weighted by Gasteiger charge is 2.24. The first kappa shape index (κ1) is 28.1. The Balaban J connectivity index is 1.87. The van der Waals surface area contributed by atoms with Crippen molar-refractivity contribution in [3.05, 3.63) is 66.9 Å². The van der Waals surface area contributed by atoms with Crippen molar-refractivity contribution in [2.24, 2.45) is 0 Å². The summed E-state index contributed by atoms with van der Waals surface area (Å²) in [6.45, 7) is 0.869. The van der Waals surface area contributed by atoms with Crippen molar-refractivity contribution in [3.63, 3.8) is 0 Å². The Morgan fingerprint density at radius 1 is 1.06 bits per heavy atom. The van der Waals surface area contributed by atoms with Gasteiger partial charge in [-0.15, -0.1) is 11.3 Å². The van der Waals surface area contributed by atoms with E-state index in [0.717, 1.165) is 11.3 Å². The number of halogens is 3. The number of amides is 2. The number of benzene rings is 1. The van der Waals surface area contributed by atoms with Crippen LogP contribution in [0.1, 0.15) is 25.6 Å². The summed E-state index contributed by atoms with van der Waals surface area (Å²) in [5, 5.41) is 26.4. The lowest BCUT2D eigenvalue weighted by Gasteiger charge is -2.19. The summed E-state index contributed by atoms with van der Waals surface area (Å²) in [5.74, 6) is -0.703. The summed E-state index contributed by atoms with van der Waals surface area (Å²) < 4.78 is 5.37. The highest BCUT2D eigenvalue weighted by molar-refractivity contribution is 7.13. The van der Waals surface area contributed by atoms with E-state index in [4.69, 9.17) is 39.5 Å². The zero-order valence-corrected chi connectivity index (χ0v) is 22.1. The summed E-state index contributed by atoms with van der Waals surface area (Å²) >= 11 is 19.7. The molecule has 4 N–H and O–H groups in total. The second-order valence-corrected chi connectivity index (χ2v) is 9.56. The van der Waals surface area contributed by atoms with E-state index in [1.165, 1.54) is 31.5 Å². The number of thiophene rings is 1. The topological polar surface area (TPSA) is 124 Å². The molecule has 0 fully saturated rings. The molecule has 2 amide bonds. The molecule has 0 bridgehead atoms. The minimum absolute atomic E-state index is 0.0504. The number of aromatic nitrogens is 1. The fraction of sp³-hybridized carbons (Fsp3) is 0.261. The molecule has 0 atom stereocenters. The van der Waals surface area contributed by atoms with Crippen LogP contribution in [0.15, 0.2) is 35.8 Å². The van der Waals surface area contributed by atoms with Gasteiger partial charge in [0.05, 0.1) is 41.6 Å². The molecule has 0 saturated carbocycles. The third-order valence-corrected chi connectivity index (χ3v) is 6.99. The Hall–Kier alpha value is -2.44. The molecule has 0 radical (unpaired) electrons. The van der Waals surface area contributed by atoms with Gasteiger partial charge in [0.2, 0.25) is 0 Å². The van der Waals surface area contributed by atoms with Gasteiger partial charge in [0.25, 0.3) is 11.8 Å². The summed E-state index contributed by atoms with van der Waals surface area (Å²) in [5.41, 5.74) is 0.824. The van der Waals surface area contributed by atoms with E-state index in [1.54, 1.807) is 11.4 Å². The zero-order chi connectivity index (χ0) is 26.2. The molecule has 2 aromatic heterocycles. The molecule has 0 unspecified atom stereocenters. The maximum Gasteiger partial charge on any atom is 0.267 e. The maximum atomic E-state index is 13.2. The SMILES string of the molecule is COc1cc(Cl)cc(C(=O)Nc2ccc(Cl)cn2)c1NC(=O)c1scc(CN(CCO)CCO)c1Cl. The van der Waals surface area contributed by atoms with Gasteiger partial charge in [0.15, 0.2) is 0 Å². The molecular formula is C23H23Cl3N4O5S. The molecule has 0 aliphatic carbocycles. The Kier molecular flexibility index (Phi) is 10.3. The average molecular weight is 574 g/mol. The van der Waals surface area contributed by atoms with Gasteiger partial charge in [-0.2, -0.15) is 0 Å². The lowest BCUT2D eigenvalue weighted by atomic mass is 10.1. The van der Waals surface area contributed by atoms with Crippen molar-refractivity contribution < 1.29 is 24.5 Å². The minimum Gasteiger partial charge on any atom is -0.494 e. The highest BCUT2D eigenvalue weighted by atomic mass is 35.5. The summed E-state index contributed by atoms with van der Waals surface area (Å²) in [7, 11) is 1.39. The number of nitrogens with zero attached hydrogens (tertiary/aromatic N) is 2. The number of hydrogen-bond donors (Lipinski definition) is 4. The van der Waals surface area contributed by atoms with E-state index in [-0.39, 0.29) is 51.0 Å². The lowest BCUT2D eigenvalue weighted by molar-refractivity contribution is 0.102. The van der Waals surface area contributed by atoms with Crippen LogP contribution in [0.25, 0.3) is 0 Å². The molecule has 0 spiro atoms. The first-order chi connectivity index (χ1) is 17.3. The monoisotopic (exact) mass is 572 g/mol. The van der Waals surface area contributed by atoms with Crippen LogP contribution in [0.4, 0.5) is 11.5 Å². The predicted molar refractivity (Wildman–Crippen MR) is 142 cm³/mol. The Bertz CT molecular complexity index is 1220. The third-order valence-electron chi connectivity index (χ3n) is 4.97. The van der Waals surface area contributed by atoms with Crippen molar-refractivity contribution in [2.75, 3.05) is 44.0 Å². The zero-order valence-electron chi connectivity index (χ0n) is 19.1. The van der Waals surface area contributed by atoms with E-state index in [0.29, 0.717) is 30.2 Å². The lowest BCUT2D eigenvalue weighted by Crippen LogP contribution is -2.29. The van der Waals surface area contributed by atoms with Gasteiger partial charge >= 0.3 is 0 Å². The van der Waals surface area contributed by atoms with Crippen LogP contribution in [0, 0.1) is 0 Å². The van der Waals surface area contributed by atoms with Crippen molar-refractivity contribution in [1.29, 1.82) is 0 Å². The van der Waals surface area contributed by atoms with E-state index < -0.39 is 11.8 Å². The van der Waals surface area contributed by atoms with Crippen molar-refractivity contribution in [3.8, 4) is 5.75 Å². The second kappa shape index (κ2) is 13.2.